The second-order valence-corrected chi connectivity index (χ2v) is 9.18. The van der Waals surface area contributed by atoms with Crippen molar-refractivity contribution in [1.82, 2.24) is 9.88 Å². The second kappa shape index (κ2) is 10.8. The van der Waals surface area contributed by atoms with Crippen LogP contribution in [0.25, 0.3) is 17.0 Å². The first-order valence-electron chi connectivity index (χ1n) is 12.4. The molecule has 198 valence electrons. The fourth-order valence-corrected chi connectivity index (χ4v) is 4.90. The van der Waals surface area contributed by atoms with Crippen LogP contribution in [0.2, 0.25) is 0 Å². The highest BCUT2D eigenvalue weighted by molar-refractivity contribution is 6.14. The lowest BCUT2D eigenvalue weighted by Crippen LogP contribution is -2.33. The van der Waals surface area contributed by atoms with Crippen LogP contribution in [0, 0.1) is 0 Å². The van der Waals surface area contributed by atoms with Gasteiger partial charge in [0.1, 0.15) is 5.75 Å². The number of H-pyrrole nitrogens is 1. The van der Waals surface area contributed by atoms with Gasteiger partial charge in [-0.3, -0.25) is 9.59 Å². The Morgan fingerprint density at radius 2 is 1.82 bits per heavy atom. The SMILES string of the molecule is COc1ccc2[nH]cc(CCN3C(=O)C(O)=C(C(=O)/C=C/c4ccccc4)[C@@H]3c3ccc(O)c(OC)c3)c2c1. The number of allylic oxidation sites excluding steroid dienone is 1. The number of hydrogen-bond acceptors (Lipinski definition) is 6. The van der Waals surface area contributed by atoms with E-state index in [9.17, 15) is 19.8 Å². The van der Waals surface area contributed by atoms with Crippen molar-refractivity contribution in [2.75, 3.05) is 20.8 Å². The maximum absolute atomic E-state index is 13.4. The molecule has 0 bridgehead atoms. The normalized spacial score (nSPS) is 15.5. The largest absolute Gasteiger partial charge is 0.504 e. The number of benzene rings is 3. The van der Waals surface area contributed by atoms with Crippen molar-refractivity contribution in [2.45, 2.75) is 12.5 Å². The Morgan fingerprint density at radius 3 is 2.56 bits per heavy atom. The maximum Gasteiger partial charge on any atom is 0.290 e. The van der Waals surface area contributed by atoms with Crippen molar-refractivity contribution in [3.05, 3.63) is 107 Å². The fourth-order valence-electron chi connectivity index (χ4n) is 4.90. The summed E-state index contributed by atoms with van der Waals surface area (Å²) < 4.78 is 10.6. The Balaban J connectivity index is 1.50. The molecular formula is C31H28N2O6. The molecule has 39 heavy (non-hydrogen) atoms. The highest BCUT2D eigenvalue weighted by Crippen LogP contribution is 2.41. The number of aromatic hydroxyl groups is 1. The molecule has 4 aromatic rings. The number of phenolic OH excluding ortho intramolecular Hbond substituents is 1. The third-order valence-corrected chi connectivity index (χ3v) is 6.91. The molecule has 1 atom stereocenters. The Hall–Kier alpha value is -4.98. The van der Waals surface area contributed by atoms with Gasteiger partial charge in [-0.05, 0) is 59.5 Å². The summed E-state index contributed by atoms with van der Waals surface area (Å²) in [5.41, 5.74) is 3.20. The number of aliphatic hydroxyl groups excluding tert-OH is 1. The molecule has 5 rings (SSSR count). The number of fused-ring (bicyclic) bond motifs is 1. The first-order valence-corrected chi connectivity index (χ1v) is 12.4. The van der Waals surface area contributed by atoms with Crippen molar-refractivity contribution in [1.29, 1.82) is 0 Å². The van der Waals surface area contributed by atoms with E-state index in [0.717, 1.165) is 22.0 Å². The number of carbonyl (C=O) groups is 2. The van der Waals surface area contributed by atoms with Gasteiger partial charge in [0.25, 0.3) is 5.91 Å². The van der Waals surface area contributed by atoms with E-state index in [1.807, 2.05) is 54.7 Å². The summed E-state index contributed by atoms with van der Waals surface area (Å²) in [5.74, 6) is -0.874. The molecule has 8 nitrogen and oxygen atoms in total. The van der Waals surface area contributed by atoms with E-state index in [4.69, 9.17) is 9.47 Å². The van der Waals surface area contributed by atoms with Gasteiger partial charge < -0.3 is 29.6 Å². The van der Waals surface area contributed by atoms with Gasteiger partial charge in [-0.2, -0.15) is 0 Å². The molecule has 1 aliphatic rings. The van der Waals surface area contributed by atoms with E-state index in [1.54, 1.807) is 25.3 Å². The minimum Gasteiger partial charge on any atom is -0.504 e. The molecule has 0 saturated carbocycles. The Bertz CT molecular complexity index is 1600. The molecule has 1 aromatic heterocycles. The summed E-state index contributed by atoms with van der Waals surface area (Å²) in [4.78, 5) is 31.5. The molecule has 3 aromatic carbocycles. The molecule has 0 saturated heterocycles. The van der Waals surface area contributed by atoms with E-state index in [0.29, 0.717) is 17.7 Å². The number of ketones is 1. The lowest BCUT2D eigenvalue weighted by Gasteiger charge is -2.27. The first kappa shape index (κ1) is 25.7. The van der Waals surface area contributed by atoms with Gasteiger partial charge in [0.2, 0.25) is 0 Å². The zero-order valence-corrected chi connectivity index (χ0v) is 21.5. The van der Waals surface area contributed by atoms with E-state index in [-0.39, 0.29) is 23.6 Å². The number of phenols is 1. The maximum atomic E-state index is 13.4. The number of hydrogen-bond donors (Lipinski definition) is 3. The van der Waals surface area contributed by atoms with Crippen LogP contribution in [0.4, 0.5) is 0 Å². The van der Waals surface area contributed by atoms with Crippen LogP contribution >= 0.6 is 0 Å². The number of methoxy groups -OCH3 is 2. The van der Waals surface area contributed by atoms with Crippen molar-refractivity contribution in [2.24, 2.45) is 0 Å². The molecule has 0 fully saturated rings. The Kier molecular flexibility index (Phi) is 7.10. The number of aliphatic hydroxyl groups is 1. The minimum atomic E-state index is -0.875. The fraction of sp³-hybridized carbons (Fsp3) is 0.161. The number of ether oxygens (including phenoxy) is 2. The van der Waals surface area contributed by atoms with Crippen LogP contribution in [0.3, 0.4) is 0 Å². The monoisotopic (exact) mass is 524 g/mol. The lowest BCUT2D eigenvalue weighted by atomic mass is 9.95. The highest BCUT2D eigenvalue weighted by atomic mass is 16.5. The minimum absolute atomic E-state index is 0.0273. The number of nitrogens with one attached hydrogen (secondary N) is 1. The van der Waals surface area contributed by atoms with Crippen molar-refractivity contribution in [3.8, 4) is 17.2 Å². The topological polar surface area (TPSA) is 112 Å². The average Bonchev–Trinajstić information content (AvgIpc) is 3.48. The number of carbonyl (C=O) groups excluding carboxylic acids is 2. The highest BCUT2D eigenvalue weighted by Gasteiger charge is 2.43. The number of aromatic amines is 1. The molecule has 2 heterocycles. The summed E-state index contributed by atoms with van der Waals surface area (Å²) in [6.07, 6.45) is 5.34. The van der Waals surface area contributed by atoms with Crippen LogP contribution in [0.15, 0.2) is 90.3 Å². The predicted molar refractivity (Wildman–Crippen MR) is 148 cm³/mol. The molecule has 0 spiro atoms. The zero-order chi connectivity index (χ0) is 27.5. The lowest BCUT2D eigenvalue weighted by molar-refractivity contribution is -0.129. The van der Waals surface area contributed by atoms with Gasteiger partial charge in [0.05, 0.1) is 25.8 Å². The van der Waals surface area contributed by atoms with Crippen LogP contribution in [-0.2, 0) is 16.0 Å². The van der Waals surface area contributed by atoms with Crippen LogP contribution < -0.4 is 9.47 Å². The Morgan fingerprint density at radius 1 is 1.03 bits per heavy atom. The quantitative estimate of drug-likeness (QED) is 0.262. The van der Waals surface area contributed by atoms with E-state index in [2.05, 4.69) is 4.98 Å². The van der Waals surface area contributed by atoms with E-state index < -0.39 is 23.5 Å². The molecule has 1 aliphatic heterocycles. The first-order chi connectivity index (χ1) is 18.9. The second-order valence-electron chi connectivity index (χ2n) is 9.18. The summed E-state index contributed by atoms with van der Waals surface area (Å²) in [6.45, 7) is 0.222. The number of amides is 1. The third kappa shape index (κ3) is 4.96. The third-order valence-electron chi connectivity index (χ3n) is 6.91. The van der Waals surface area contributed by atoms with Crippen LogP contribution in [0.5, 0.6) is 17.2 Å². The van der Waals surface area contributed by atoms with Crippen molar-refractivity contribution >= 4 is 28.7 Å². The van der Waals surface area contributed by atoms with Crippen molar-refractivity contribution < 1.29 is 29.3 Å². The van der Waals surface area contributed by atoms with E-state index >= 15 is 0 Å². The molecule has 0 aliphatic carbocycles. The number of nitrogens with zero attached hydrogens (tertiary/aromatic N) is 1. The van der Waals surface area contributed by atoms with E-state index in [1.165, 1.54) is 24.2 Å². The summed E-state index contributed by atoms with van der Waals surface area (Å²) >= 11 is 0. The molecule has 3 N–H and O–H groups in total. The van der Waals surface area contributed by atoms with Crippen LogP contribution in [-0.4, -0.2) is 52.6 Å². The smallest absolute Gasteiger partial charge is 0.290 e. The molecule has 0 unspecified atom stereocenters. The predicted octanol–water partition coefficient (Wildman–Crippen LogP) is 5.11. The number of rotatable bonds is 9. The molecule has 8 heteroatoms. The average molecular weight is 525 g/mol. The van der Waals surface area contributed by atoms with Crippen LogP contribution in [0.1, 0.15) is 22.7 Å². The van der Waals surface area contributed by atoms with Gasteiger partial charge in [-0.1, -0.05) is 42.5 Å². The summed E-state index contributed by atoms with van der Waals surface area (Å²) in [7, 11) is 3.02. The van der Waals surface area contributed by atoms with Gasteiger partial charge >= 0.3 is 0 Å². The zero-order valence-electron chi connectivity index (χ0n) is 21.5. The van der Waals surface area contributed by atoms with Crippen molar-refractivity contribution in [3.63, 3.8) is 0 Å². The summed E-state index contributed by atoms with van der Waals surface area (Å²) in [5, 5.41) is 22.0. The van der Waals surface area contributed by atoms with Gasteiger partial charge in [0, 0.05) is 23.6 Å². The molecular weight excluding hydrogens is 496 g/mol. The van der Waals surface area contributed by atoms with Gasteiger partial charge in [-0.15, -0.1) is 0 Å². The summed E-state index contributed by atoms with van der Waals surface area (Å²) in [6, 6.07) is 18.8. The number of aromatic nitrogens is 1. The standard InChI is InChI=1S/C31H28N2O6/c1-38-22-10-11-24-23(17-22)21(18-32-24)14-15-33-29(20-9-13-25(34)27(16-20)39-2)28(30(36)31(33)37)26(35)12-8-19-6-4-3-5-7-19/h3-13,16-18,29,32,34,36H,14-15H2,1-2H3/b12-8+/t29-/m0/s1. The molecule has 1 amide bonds. The van der Waals surface area contributed by atoms with Gasteiger partial charge in [-0.25, -0.2) is 0 Å². The van der Waals surface area contributed by atoms with Gasteiger partial charge in [0.15, 0.2) is 23.0 Å². The molecule has 0 radical (unpaired) electrons. The Labute approximate surface area is 225 Å².